The SMILES string of the molecule is c1c[nH]c(CNc2ccc3nccnc3c2)n1. The van der Waals surface area contributed by atoms with Gasteiger partial charge in [0.2, 0.25) is 0 Å². The molecule has 3 rings (SSSR count). The molecule has 0 saturated heterocycles. The first kappa shape index (κ1) is 9.77. The maximum absolute atomic E-state index is 4.26. The Hall–Kier alpha value is -2.43. The lowest BCUT2D eigenvalue weighted by Crippen LogP contribution is -2.01. The molecule has 0 fully saturated rings. The molecule has 0 aliphatic carbocycles. The van der Waals surface area contributed by atoms with Crippen LogP contribution >= 0.6 is 0 Å². The molecule has 0 aliphatic heterocycles. The van der Waals surface area contributed by atoms with Gasteiger partial charge in [0.25, 0.3) is 0 Å². The number of nitrogens with zero attached hydrogens (tertiary/aromatic N) is 3. The molecule has 2 N–H and O–H groups in total. The molecule has 0 bridgehead atoms. The summed E-state index contributed by atoms with van der Waals surface area (Å²) in [5.41, 5.74) is 2.79. The van der Waals surface area contributed by atoms with Crippen LogP contribution < -0.4 is 5.32 Å². The zero-order valence-corrected chi connectivity index (χ0v) is 9.09. The normalized spacial score (nSPS) is 10.6. The van der Waals surface area contributed by atoms with Gasteiger partial charge in [0, 0.05) is 30.5 Å². The molecule has 5 nitrogen and oxygen atoms in total. The number of H-pyrrole nitrogens is 1. The standard InChI is InChI=1S/C12H11N5/c1-2-10-11(14-4-3-13-10)7-9(1)17-8-12-15-5-6-16-12/h1-7,17H,8H2,(H,15,16). The number of hydrogen-bond donors (Lipinski definition) is 2. The minimum absolute atomic E-state index is 0.665. The number of aromatic amines is 1. The average Bonchev–Trinajstić information content (AvgIpc) is 2.89. The number of fused-ring (bicyclic) bond motifs is 1. The lowest BCUT2D eigenvalue weighted by Gasteiger charge is -2.05. The fourth-order valence-electron chi connectivity index (χ4n) is 1.65. The van der Waals surface area contributed by atoms with Gasteiger partial charge in [0.05, 0.1) is 17.6 Å². The number of nitrogens with one attached hydrogen (secondary N) is 2. The van der Waals surface area contributed by atoms with Crippen LogP contribution in [0, 0.1) is 0 Å². The highest BCUT2D eigenvalue weighted by Gasteiger charge is 1.98. The van der Waals surface area contributed by atoms with Crippen molar-refractivity contribution in [1.82, 2.24) is 19.9 Å². The number of rotatable bonds is 3. The number of anilines is 1. The van der Waals surface area contributed by atoms with Crippen molar-refractivity contribution < 1.29 is 0 Å². The van der Waals surface area contributed by atoms with E-state index in [4.69, 9.17) is 0 Å². The van der Waals surface area contributed by atoms with E-state index in [0.717, 1.165) is 22.5 Å². The summed E-state index contributed by atoms with van der Waals surface area (Å²) in [6.07, 6.45) is 6.93. The summed E-state index contributed by atoms with van der Waals surface area (Å²) in [5, 5.41) is 3.28. The number of aromatic nitrogens is 4. The number of imidazole rings is 1. The van der Waals surface area contributed by atoms with Crippen LogP contribution in [0.5, 0.6) is 0 Å². The topological polar surface area (TPSA) is 66.5 Å². The first-order valence-corrected chi connectivity index (χ1v) is 5.35. The molecule has 84 valence electrons. The Morgan fingerprint density at radius 1 is 1.00 bits per heavy atom. The molecule has 0 amide bonds. The minimum atomic E-state index is 0.665. The van der Waals surface area contributed by atoms with E-state index < -0.39 is 0 Å². The summed E-state index contributed by atoms with van der Waals surface area (Å²) >= 11 is 0. The third-order valence-electron chi connectivity index (χ3n) is 2.48. The van der Waals surface area contributed by atoms with E-state index in [-0.39, 0.29) is 0 Å². The van der Waals surface area contributed by atoms with E-state index in [1.165, 1.54) is 0 Å². The molecule has 0 atom stereocenters. The quantitative estimate of drug-likeness (QED) is 0.715. The molecule has 0 saturated carbocycles. The van der Waals surface area contributed by atoms with E-state index in [1.807, 2.05) is 24.4 Å². The molecular formula is C12H11N5. The van der Waals surface area contributed by atoms with E-state index in [9.17, 15) is 0 Å². The fraction of sp³-hybridized carbons (Fsp3) is 0.0833. The van der Waals surface area contributed by atoms with Gasteiger partial charge in [0.1, 0.15) is 5.82 Å². The molecule has 2 aromatic heterocycles. The monoisotopic (exact) mass is 225 g/mol. The second kappa shape index (κ2) is 4.21. The molecule has 3 aromatic rings. The third-order valence-corrected chi connectivity index (χ3v) is 2.48. The van der Waals surface area contributed by atoms with Crippen LogP contribution in [0.15, 0.2) is 43.0 Å². The second-order valence-electron chi connectivity index (χ2n) is 3.65. The van der Waals surface area contributed by atoms with E-state index >= 15 is 0 Å². The van der Waals surface area contributed by atoms with Crippen molar-refractivity contribution in [1.29, 1.82) is 0 Å². The summed E-state index contributed by atoms with van der Waals surface area (Å²) in [6, 6.07) is 5.91. The van der Waals surface area contributed by atoms with Gasteiger partial charge in [-0.3, -0.25) is 9.97 Å². The van der Waals surface area contributed by atoms with Crippen LogP contribution in [0.2, 0.25) is 0 Å². The minimum Gasteiger partial charge on any atom is -0.378 e. The van der Waals surface area contributed by atoms with Crippen LogP contribution in [0.3, 0.4) is 0 Å². The van der Waals surface area contributed by atoms with Crippen molar-refractivity contribution in [2.24, 2.45) is 0 Å². The first-order chi connectivity index (χ1) is 8.42. The molecule has 17 heavy (non-hydrogen) atoms. The van der Waals surface area contributed by atoms with Crippen molar-refractivity contribution in [3.63, 3.8) is 0 Å². The van der Waals surface area contributed by atoms with Gasteiger partial charge in [-0.1, -0.05) is 0 Å². The predicted octanol–water partition coefficient (Wildman–Crippen LogP) is 1.96. The first-order valence-electron chi connectivity index (χ1n) is 5.35. The van der Waals surface area contributed by atoms with Crippen LogP contribution in [-0.4, -0.2) is 19.9 Å². The lowest BCUT2D eigenvalue weighted by molar-refractivity contribution is 1.00. The predicted molar refractivity (Wildman–Crippen MR) is 65.5 cm³/mol. The highest BCUT2D eigenvalue weighted by molar-refractivity contribution is 5.78. The smallest absolute Gasteiger partial charge is 0.125 e. The highest BCUT2D eigenvalue weighted by atomic mass is 15.0. The molecule has 2 heterocycles. The van der Waals surface area contributed by atoms with Gasteiger partial charge in [-0.25, -0.2) is 4.98 Å². The average molecular weight is 225 g/mol. The highest BCUT2D eigenvalue weighted by Crippen LogP contribution is 2.15. The van der Waals surface area contributed by atoms with Gasteiger partial charge < -0.3 is 10.3 Å². The van der Waals surface area contributed by atoms with E-state index in [2.05, 4.69) is 25.3 Å². The van der Waals surface area contributed by atoms with Gasteiger partial charge in [-0.15, -0.1) is 0 Å². The van der Waals surface area contributed by atoms with Crippen LogP contribution in [0.1, 0.15) is 5.82 Å². The number of hydrogen-bond acceptors (Lipinski definition) is 4. The van der Waals surface area contributed by atoms with Crippen LogP contribution in [0.25, 0.3) is 11.0 Å². The maximum Gasteiger partial charge on any atom is 0.125 e. The van der Waals surface area contributed by atoms with Crippen molar-refractivity contribution in [2.45, 2.75) is 6.54 Å². The summed E-state index contributed by atoms with van der Waals surface area (Å²) < 4.78 is 0. The third kappa shape index (κ3) is 2.08. The lowest BCUT2D eigenvalue weighted by atomic mass is 10.2. The zero-order valence-electron chi connectivity index (χ0n) is 9.09. The zero-order chi connectivity index (χ0) is 11.5. The van der Waals surface area contributed by atoms with Gasteiger partial charge in [0.15, 0.2) is 0 Å². The summed E-state index contributed by atoms with van der Waals surface area (Å²) in [7, 11) is 0. The molecule has 1 aromatic carbocycles. The van der Waals surface area contributed by atoms with Crippen molar-refractivity contribution in [3.05, 3.63) is 48.8 Å². The Morgan fingerprint density at radius 2 is 1.88 bits per heavy atom. The molecule has 0 aliphatic rings. The Kier molecular flexibility index (Phi) is 2.42. The number of benzene rings is 1. The van der Waals surface area contributed by atoms with Crippen LogP contribution in [0.4, 0.5) is 5.69 Å². The molecule has 0 spiro atoms. The van der Waals surface area contributed by atoms with Gasteiger partial charge >= 0.3 is 0 Å². The van der Waals surface area contributed by atoms with E-state index in [1.54, 1.807) is 18.6 Å². The van der Waals surface area contributed by atoms with Crippen LogP contribution in [-0.2, 0) is 6.54 Å². The summed E-state index contributed by atoms with van der Waals surface area (Å²) in [5.74, 6) is 0.907. The molecule has 0 radical (unpaired) electrons. The fourth-order valence-corrected chi connectivity index (χ4v) is 1.65. The Bertz CT molecular complexity index is 618. The maximum atomic E-state index is 4.26. The largest absolute Gasteiger partial charge is 0.378 e. The molecule has 0 unspecified atom stereocenters. The van der Waals surface area contributed by atoms with E-state index in [0.29, 0.717) is 6.54 Å². The van der Waals surface area contributed by atoms with Crippen molar-refractivity contribution in [2.75, 3.05) is 5.32 Å². The van der Waals surface area contributed by atoms with Crippen molar-refractivity contribution in [3.8, 4) is 0 Å². The molecular weight excluding hydrogens is 214 g/mol. The Labute approximate surface area is 98.0 Å². The summed E-state index contributed by atoms with van der Waals surface area (Å²) in [4.78, 5) is 15.7. The van der Waals surface area contributed by atoms with Crippen molar-refractivity contribution >= 4 is 16.7 Å². The second-order valence-corrected chi connectivity index (χ2v) is 3.65. The Balaban J connectivity index is 1.81. The van der Waals surface area contributed by atoms with Gasteiger partial charge in [-0.05, 0) is 18.2 Å². The van der Waals surface area contributed by atoms with Gasteiger partial charge in [-0.2, -0.15) is 0 Å². The Morgan fingerprint density at radius 3 is 2.71 bits per heavy atom. The molecule has 5 heteroatoms. The summed E-state index contributed by atoms with van der Waals surface area (Å²) in [6.45, 7) is 0.665.